The molecule has 1 aromatic heterocycles. The van der Waals surface area contributed by atoms with Crippen molar-refractivity contribution >= 4 is 11.6 Å². The predicted molar refractivity (Wildman–Crippen MR) is 89.3 cm³/mol. The highest BCUT2D eigenvalue weighted by Gasteiger charge is 2.22. The summed E-state index contributed by atoms with van der Waals surface area (Å²) in [7, 11) is 0. The third-order valence-corrected chi connectivity index (χ3v) is 3.86. The molecule has 0 aromatic carbocycles. The first-order valence-electron chi connectivity index (χ1n) is 7.97. The van der Waals surface area contributed by atoms with Gasteiger partial charge in [0.1, 0.15) is 11.0 Å². The van der Waals surface area contributed by atoms with Gasteiger partial charge in [-0.25, -0.2) is 4.98 Å². The van der Waals surface area contributed by atoms with E-state index in [1.807, 2.05) is 6.92 Å². The molecule has 0 fully saturated rings. The van der Waals surface area contributed by atoms with Crippen LogP contribution in [0.2, 0.25) is 5.15 Å². The third-order valence-electron chi connectivity index (χ3n) is 3.49. The molecule has 0 radical (unpaired) electrons. The molecule has 0 aliphatic rings. The Kier molecular flexibility index (Phi) is 6.92. The maximum atomic E-state index is 6.22. The van der Waals surface area contributed by atoms with Crippen molar-refractivity contribution in [1.82, 2.24) is 9.97 Å². The summed E-state index contributed by atoms with van der Waals surface area (Å²) in [6, 6.07) is 0. The summed E-state index contributed by atoms with van der Waals surface area (Å²) in [4.78, 5) is 8.94. The zero-order valence-electron chi connectivity index (χ0n) is 14.3. The lowest BCUT2D eigenvalue weighted by Crippen LogP contribution is -2.19. The van der Waals surface area contributed by atoms with E-state index in [-0.39, 0.29) is 11.5 Å². The number of aromatic nitrogens is 2. The minimum atomic E-state index is -0.139. The minimum absolute atomic E-state index is 0.139. The molecule has 1 heterocycles. The summed E-state index contributed by atoms with van der Waals surface area (Å²) in [6.07, 6.45) is 6.20. The van der Waals surface area contributed by atoms with Crippen LogP contribution in [0.5, 0.6) is 5.88 Å². The van der Waals surface area contributed by atoms with Gasteiger partial charge >= 0.3 is 0 Å². The summed E-state index contributed by atoms with van der Waals surface area (Å²) in [5.74, 6) is 1.36. The second-order valence-electron chi connectivity index (χ2n) is 6.80. The normalized spacial score (nSPS) is 13.3. The predicted octanol–water partition coefficient (Wildman–Crippen LogP) is 5.47. The number of rotatable bonds is 7. The van der Waals surface area contributed by atoms with Crippen LogP contribution in [0.15, 0.2) is 0 Å². The molecule has 1 rings (SSSR count). The van der Waals surface area contributed by atoms with Gasteiger partial charge in [-0.1, -0.05) is 58.6 Å². The van der Waals surface area contributed by atoms with Gasteiger partial charge in [0.05, 0.1) is 6.10 Å². The average molecular weight is 313 g/mol. The Morgan fingerprint density at radius 1 is 1.14 bits per heavy atom. The first kappa shape index (κ1) is 18.2. The summed E-state index contributed by atoms with van der Waals surface area (Å²) in [5.41, 5.74) is 0.685. The molecule has 0 saturated carbocycles. The van der Waals surface area contributed by atoms with Crippen molar-refractivity contribution in [1.29, 1.82) is 0 Å². The molecule has 1 atom stereocenters. The zero-order valence-corrected chi connectivity index (χ0v) is 15.0. The van der Waals surface area contributed by atoms with Crippen molar-refractivity contribution in [3.05, 3.63) is 16.5 Å². The third kappa shape index (κ3) is 5.82. The SMILES string of the molecule is CCCCCCC(C)Oc1nc(C(C)(C)C)nc(Cl)c1C. The van der Waals surface area contributed by atoms with Crippen LogP contribution in [-0.2, 0) is 5.41 Å². The van der Waals surface area contributed by atoms with Gasteiger partial charge in [-0.05, 0) is 26.7 Å². The Bertz CT molecular complexity index is 455. The van der Waals surface area contributed by atoms with Crippen LogP contribution < -0.4 is 4.74 Å². The number of unbranched alkanes of at least 4 members (excludes halogenated alkanes) is 3. The van der Waals surface area contributed by atoms with Gasteiger partial charge in [-0.3, -0.25) is 0 Å². The fourth-order valence-corrected chi connectivity index (χ4v) is 2.19. The Morgan fingerprint density at radius 3 is 2.38 bits per heavy atom. The van der Waals surface area contributed by atoms with Gasteiger partial charge < -0.3 is 4.74 Å². The maximum absolute atomic E-state index is 6.22. The van der Waals surface area contributed by atoms with Gasteiger partial charge in [0.2, 0.25) is 5.88 Å². The van der Waals surface area contributed by atoms with E-state index in [2.05, 4.69) is 44.6 Å². The molecule has 0 saturated heterocycles. The van der Waals surface area contributed by atoms with E-state index in [1.54, 1.807) is 0 Å². The molecule has 0 spiro atoms. The largest absolute Gasteiger partial charge is 0.474 e. The topological polar surface area (TPSA) is 35.0 Å². The van der Waals surface area contributed by atoms with Crippen molar-refractivity contribution in [2.75, 3.05) is 0 Å². The summed E-state index contributed by atoms with van der Waals surface area (Å²) in [6.45, 7) is 12.5. The van der Waals surface area contributed by atoms with Gasteiger partial charge in [-0.2, -0.15) is 4.98 Å². The van der Waals surface area contributed by atoms with E-state index in [1.165, 1.54) is 25.7 Å². The van der Waals surface area contributed by atoms with Crippen molar-refractivity contribution in [2.45, 2.75) is 85.2 Å². The van der Waals surface area contributed by atoms with Crippen molar-refractivity contribution in [2.24, 2.45) is 0 Å². The van der Waals surface area contributed by atoms with Crippen LogP contribution in [-0.4, -0.2) is 16.1 Å². The lowest BCUT2D eigenvalue weighted by Gasteiger charge is -2.21. The highest BCUT2D eigenvalue weighted by Crippen LogP contribution is 2.28. The van der Waals surface area contributed by atoms with Crippen LogP contribution in [0.3, 0.4) is 0 Å². The second-order valence-corrected chi connectivity index (χ2v) is 7.15. The molecular weight excluding hydrogens is 284 g/mol. The van der Waals surface area contributed by atoms with Gasteiger partial charge in [-0.15, -0.1) is 0 Å². The summed E-state index contributed by atoms with van der Waals surface area (Å²) >= 11 is 6.22. The van der Waals surface area contributed by atoms with E-state index in [0.717, 1.165) is 17.8 Å². The summed E-state index contributed by atoms with van der Waals surface area (Å²) in [5, 5.41) is 0.489. The Hall–Kier alpha value is -0.830. The average Bonchev–Trinajstić information content (AvgIpc) is 2.38. The first-order valence-corrected chi connectivity index (χ1v) is 8.34. The quantitative estimate of drug-likeness (QED) is 0.494. The maximum Gasteiger partial charge on any atom is 0.221 e. The molecule has 1 aromatic rings. The fraction of sp³-hybridized carbons (Fsp3) is 0.765. The second kappa shape index (κ2) is 7.98. The van der Waals surface area contributed by atoms with Crippen LogP contribution >= 0.6 is 11.6 Å². The molecule has 0 amide bonds. The number of ether oxygens (including phenoxy) is 1. The highest BCUT2D eigenvalue weighted by molar-refractivity contribution is 6.30. The van der Waals surface area contributed by atoms with Gasteiger partial charge in [0.15, 0.2) is 0 Å². The van der Waals surface area contributed by atoms with Crippen LogP contribution in [0, 0.1) is 6.92 Å². The molecule has 1 unspecified atom stereocenters. The van der Waals surface area contributed by atoms with E-state index >= 15 is 0 Å². The molecule has 21 heavy (non-hydrogen) atoms. The number of hydrogen-bond donors (Lipinski definition) is 0. The Balaban J connectivity index is 2.75. The Morgan fingerprint density at radius 2 is 1.81 bits per heavy atom. The molecule has 4 heteroatoms. The standard InChI is InChI=1S/C17H29ClN2O/c1-7-8-9-10-11-12(2)21-15-13(3)14(18)19-16(20-15)17(4,5)6/h12H,7-11H2,1-6H3. The molecule has 120 valence electrons. The van der Waals surface area contributed by atoms with E-state index in [9.17, 15) is 0 Å². The zero-order chi connectivity index (χ0) is 16.0. The van der Waals surface area contributed by atoms with Crippen molar-refractivity contribution in [3.63, 3.8) is 0 Å². The number of nitrogens with zero attached hydrogens (tertiary/aromatic N) is 2. The molecule has 0 aliphatic carbocycles. The smallest absolute Gasteiger partial charge is 0.221 e. The molecule has 3 nitrogen and oxygen atoms in total. The molecule has 0 aliphatic heterocycles. The number of halogens is 1. The van der Waals surface area contributed by atoms with E-state index in [4.69, 9.17) is 16.3 Å². The molecule has 0 N–H and O–H groups in total. The van der Waals surface area contributed by atoms with Crippen molar-refractivity contribution < 1.29 is 4.74 Å². The van der Waals surface area contributed by atoms with Crippen molar-refractivity contribution in [3.8, 4) is 5.88 Å². The molecule has 0 bridgehead atoms. The van der Waals surface area contributed by atoms with E-state index in [0.29, 0.717) is 11.0 Å². The lowest BCUT2D eigenvalue weighted by molar-refractivity contribution is 0.195. The summed E-state index contributed by atoms with van der Waals surface area (Å²) < 4.78 is 6.01. The highest BCUT2D eigenvalue weighted by atomic mass is 35.5. The fourth-order valence-electron chi connectivity index (χ4n) is 2.03. The van der Waals surface area contributed by atoms with Crippen LogP contribution in [0.1, 0.15) is 78.1 Å². The monoisotopic (exact) mass is 312 g/mol. The Labute approximate surface area is 134 Å². The van der Waals surface area contributed by atoms with Crippen LogP contribution in [0.4, 0.5) is 0 Å². The van der Waals surface area contributed by atoms with E-state index < -0.39 is 0 Å². The van der Waals surface area contributed by atoms with Gasteiger partial charge in [0, 0.05) is 11.0 Å². The molecular formula is C17H29ClN2O. The first-order chi connectivity index (χ1) is 9.75. The van der Waals surface area contributed by atoms with Gasteiger partial charge in [0.25, 0.3) is 0 Å². The van der Waals surface area contributed by atoms with Crippen LogP contribution in [0.25, 0.3) is 0 Å². The minimum Gasteiger partial charge on any atom is -0.474 e. The number of hydrogen-bond acceptors (Lipinski definition) is 3. The lowest BCUT2D eigenvalue weighted by atomic mass is 9.96.